The van der Waals surface area contributed by atoms with Crippen LogP contribution in [0.4, 0.5) is 0 Å². The lowest BCUT2D eigenvalue weighted by atomic mass is 9.86. The number of fused-ring (bicyclic) bond motifs is 3. The van der Waals surface area contributed by atoms with Crippen LogP contribution in [0, 0.1) is 5.92 Å². The minimum atomic E-state index is -0.347. The summed E-state index contributed by atoms with van der Waals surface area (Å²) >= 11 is 0. The number of hydrogen-bond donors (Lipinski definition) is 0. The Morgan fingerprint density at radius 3 is 2.06 bits per heavy atom. The van der Waals surface area contributed by atoms with Gasteiger partial charge in [0.25, 0.3) is 0 Å². The van der Waals surface area contributed by atoms with Crippen LogP contribution in [0.15, 0.2) is 72.8 Å². The Balaban J connectivity index is 1.36. The largest absolute Gasteiger partial charge is 0.464 e. The molecule has 5 rings (SSSR count). The molecule has 0 amide bonds. The van der Waals surface area contributed by atoms with Gasteiger partial charge in [-0.15, -0.1) is 0 Å². The van der Waals surface area contributed by atoms with Gasteiger partial charge in [-0.3, -0.25) is 0 Å². The maximum absolute atomic E-state index is 6.65. The molecule has 0 heterocycles. The third kappa shape index (κ3) is 5.48. The monoisotopic (exact) mass is 468 g/mol. The molecule has 2 heteroatoms. The van der Waals surface area contributed by atoms with Gasteiger partial charge in [-0.2, -0.15) is 0 Å². The molecule has 1 fully saturated rings. The highest BCUT2D eigenvalue weighted by Crippen LogP contribution is 2.47. The van der Waals surface area contributed by atoms with Gasteiger partial charge < -0.3 is 9.47 Å². The van der Waals surface area contributed by atoms with Gasteiger partial charge in [0.05, 0.1) is 12.5 Å². The molecule has 0 aliphatic heterocycles. The lowest BCUT2D eigenvalue weighted by molar-refractivity contribution is -0.0904. The van der Waals surface area contributed by atoms with Crippen molar-refractivity contribution in [1.82, 2.24) is 0 Å². The second-order valence-corrected chi connectivity index (χ2v) is 10.5. The summed E-state index contributed by atoms with van der Waals surface area (Å²) in [4.78, 5) is 0. The van der Waals surface area contributed by atoms with Crippen molar-refractivity contribution >= 4 is 0 Å². The van der Waals surface area contributed by atoms with E-state index in [2.05, 4.69) is 86.6 Å². The Labute approximate surface area is 211 Å². The van der Waals surface area contributed by atoms with Crippen molar-refractivity contribution in [2.24, 2.45) is 5.92 Å². The zero-order chi connectivity index (χ0) is 24.0. The minimum absolute atomic E-state index is 0.0753. The maximum atomic E-state index is 6.65. The van der Waals surface area contributed by atoms with Crippen molar-refractivity contribution < 1.29 is 9.47 Å². The number of hydrogen-bond acceptors (Lipinski definition) is 2. The standard InChI is InChI=1S/C33H40O2/c1-3-24(2)26-19-21-27(22-20-26)35-33(34-23-11-14-25-12-5-4-6-13-25)32-30-17-9-7-15-28(30)29-16-8-10-18-31(29)32/h7-10,15-22,24-25,32-33H,3-6,11-14,23H2,1-2H3. The Bertz CT molecular complexity index is 1030. The summed E-state index contributed by atoms with van der Waals surface area (Å²) in [6.07, 6.45) is 10.2. The lowest BCUT2D eigenvalue weighted by Gasteiger charge is -2.27. The smallest absolute Gasteiger partial charge is 0.210 e. The zero-order valence-corrected chi connectivity index (χ0v) is 21.4. The van der Waals surface area contributed by atoms with Gasteiger partial charge in [0, 0.05) is 0 Å². The van der Waals surface area contributed by atoms with Gasteiger partial charge in [0.1, 0.15) is 5.75 Å². The van der Waals surface area contributed by atoms with Crippen LogP contribution in [-0.4, -0.2) is 12.9 Å². The predicted molar refractivity (Wildman–Crippen MR) is 145 cm³/mol. The quantitative estimate of drug-likeness (QED) is 0.218. The highest BCUT2D eigenvalue weighted by atomic mass is 16.7. The number of ether oxygens (including phenoxy) is 2. The van der Waals surface area contributed by atoms with Crippen molar-refractivity contribution in [2.45, 2.75) is 83.3 Å². The van der Waals surface area contributed by atoms with Crippen LogP contribution < -0.4 is 4.74 Å². The molecule has 35 heavy (non-hydrogen) atoms. The average Bonchev–Trinajstić information content (AvgIpc) is 3.25. The third-order valence-electron chi connectivity index (χ3n) is 8.23. The van der Waals surface area contributed by atoms with E-state index in [1.165, 1.54) is 66.3 Å². The molecule has 0 aromatic heterocycles. The van der Waals surface area contributed by atoms with Crippen LogP contribution in [-0.2, 0) is 4.74 Å². The molecular formula is C33H40O2. The van der Waals surface area contributed by atoms with E-state index in [1.807, 2.05) is 0 Å². The van der Waals surface area contributed by atoms with E-state index in [0.29, 0.717) is 5.92 Å². The van der Waals surface area contributed by atoms with E-state index in [4.69, 9.17) is 9.47 Å². The fraction of sp³-hybridized carbons (Fsp3) is 0.455. The molecule has 2 aliphatic rings. The van der Waals surface area contributed by atoms with Crippen LogP contribution in [0.1, 0.15) is 93.7 Å². The normalized spacial score (nSPS) is 17.5. The molecule has 1 saturated carbocycles. The molecule has 3 aromatic carbocycles. The van der Waals surface area contributed by atoms with Crippen molar-refractivity contribution in [1.29, 1.82) is 0 Å². The molecule has 0 saturated heterocycles. The van der Waals surface area contributed by atoms with Crippen LogP contribution >= 0.6 is 0 Å². The third-order valence-corrected chi connectivity index (χ3v) is 8.23. The molecular weight excluding hydrogens is 428 g/mol. The molecule has 184 valence electrons. The average molecular weight is 469 g/mol. The summed E-state index contributed by atoms with van der Waals surface area (Å²) in [5.74, 6) is 2.40. The van der Waals surface area contributed by atoms with Crippen molar-refractivity contribution in [2.75, 3.05) is 6.61 Å². The fourth-order valence-corrected chi connectivity index (χ4v) is 5.98. The Morgan fingerprint density at radius 1 is 0.800 bits per heavy atom. The second kappa shape index (κ2) is 11.4. The maximum Gasteiger partial charge on any atom is 0.210 e. The molecule has 2 unspecified atom stereocenters. The Kier molecular flexibility index (Phi) is 7.88. The fourth-order valence-electron chi connectivity index (χ4n) is 5.98. The lowest BCUT2D eigenvalue weighted by Crippen LogP contribution is -2.29. The Morgan fingerprint density at radius 2 is 1.43 bits per heavy atom. The first-order valence-corrected chi connectivity index (χ1v) is 13.8. The second-order valence-electron chi connectivity index (χ2n) is 10.5. The van der Waals surface area contributed by atoms with Gasteiger partial charge in [-0.05, 0) is 71.0 Å². The summed E-state index contributed by atoms with van der Waals surface area (Å²) in [6, 6.07) is 26.1. The van der Waals surface area contributed by atoms with Crippen molar-refractivity contribution in [3.63, 3.8) is 0 Å². The molecule has 0 N–H and O–H groups in total. The predicted octanol–water partition coefficient (Wildman–Crippen LogP) is 9.09. The van der Waals surface area contributed by atoms with Gasteiger partial charge in [0.15, 0.2) is 0 Å². The molecule has 0 bridgehead atoms. The van der Waals surface area contributed by atoms with Gasteiger partial charge >= 0.3 is 0 Å². The topological polar surface area (TPSA) is 18.5 Å². The van der Waals surface area contributed by atoms with Crippen molar-refractivity contribution in [3.05, 3.63) is 89.5 Å². The zero-order valence-electron chi connectivity index (χ0n) is 21.4. The van der Waals surface area contributed by atoms with E-state index in [0.717, 1.165) is 31.1 Å². The first-order chi connectivity index (χ1) is 17.2. The molecule has 0 radical (unpaired) electrons. The van der Waals surface area contributed by atoms with Gasteiger partial charge in [0.2, 0.25) is 6.29 Å². The van der Waals surface area contributed by atoms with E-state index in [-0.39, 0.29) is 12.2 Å². The number of benzene rings is 3. The van der Waals surface area contributed by atoms with Crippen molar-refractivity contribution in [3.8, 4) is 16.9 Å². The van der Waals surface area contributed by atoms with Crippen LogP contribution in [0.5, 0.6) is 5.75 Å². The minimum Gasteiger partial charge on any atom is -0.464 e. The highest BCUT2D eigenvalue weighted by Gasteiger charge is 2.36. The van der Waals surface area contributed by atoms with Gasteiger partial charge in [-0.25, -0.2) is 0 Å². The summed E-state index contributed by atoms with van der Waals surface area (Å²) in [6.45, 7) is 5.26. The van der Waals surface area contributed by atoms with Crippen LogP contribution in [0.2, 0.25) is 0 Å². The number of rotatable bonds is 10. The van der Waals surface area contributed by atoms with E-state index in [1.54, 1.807) is 0 Å². The van der Waals surface area contributed by atoms with Crippen LogP contribution in [0.25, 0.3) is 11.1 Å². The Hall–Kier alpha value is -2.58. The molecule has 0 spiro atoms. The van der Waals surface area contributed by atoms with E-state index >= 15 is 0 Å². The summed E-state index contributed by atoms with van der Waals surface area (Å²) in [5.41, 5.74) is 6.59. The van der Waals surface area contributed by atoms with Crippen LogP contribution in [0.3, 0.4) is 0 Å². The SMILES string of the molecule is CCC(C)c1ccc(OC(OCCCC2CCCCC2)C2c3ccccc3-c3ccccc32)cc1. The first kappa shape index (κ1) is 24.1. The molecule has 2 aliphatic carbocycles. The van der Waals surface area contributed by atoms with Gasteiger partial charge in [-0.1, -0.05) is 107 Å². The molecule has 3 aromatic rings. The molecule has 2 nitrogen and oxygen atoms in total. The summed E-state index contributed by atoms with van der Waals surface area (Å²) < 4.78 is 13.3. The van der Waals surface area contributed by atoms with E-state index in [9.17, 15) is 0 Å². The summed E-state index contributed by atoms with van der Waals surface area (Å²) in [5, 5.41) is 0. The van der Waals surface area contributed by atoms with E-state index < -0.39 is 0 Å². The molecule has 2 atom stereocenters. The highest BCUT2D eigenvalue weighted by molar-refractivity contribution is 5.79. The summed E-state index contributed by atoms with van der Waals surface area (Å²) in [7, 11) is 0. The first-order valence-electron chi connectivity index (χ1n) is 13.8.